The van der Waals surface area contributed by atoms with Crippen LogP contribution in [0, 0.1) is 0 Å². The van der Waals surface area contributed by atoms with Crippen molar-refractivity contribution in [1.29, 1.82) is 0 Å². The van der Waals surface area contributed by atoms with E-state index in [1.165, 1.54) is 30.3 Å². The molecule has 1 amide bonds. The molecule has 3 rings (SSSR count). The molecule has 32 heavy (non-hydrogen) atoms. The Bertz CT molecular complexity index is 1190. The van der Waals surface area contributed by atoms with Crippen molar-refractivity contribution in [1.82, 2.24) is 0 Å². The molecule has 0 saturated heterocycles. The molecule has 168 valence electrons. The number of sulfone groups is 1. The summed E-state index contributed by atoms with van der Waals surface area (Å²) in [5.41, 5.74) is 1.88. The van der Waals surface area contributed by atoms with Gasteiger partial charge in [0.1, 0.15) is 5.75 Å². The van der Waals surface area contributed by atoms with E-state index >= 15 is 0 Å². The van der Waals surface area contributed by atoms with E-state index in [4.69, 9.17) is 0 Å². The highest BCUT2D eigenvalue weighted by Crippen LogP contribution is 2.34. The number of anilines is 1. The van der Waals surface area contributed by atoms with Gasteiger partial charge in [0, 0.05) is 11.3 Å². The molecular weight excluding hydrogens is 443 g/mol. The lowest BCUT2D eigenvalue weighted by atomic mass is 10.0. The fraction of sp³-hybridized carbons (Fsp3) is 0.174. The molecule has 1 N–H and O–H groups in total. The smallest absolute Gasteiger partial charge is 0.405 e. The lowest BCUT2D eigenvalue weighted by Gasteiger charge is -2.13. The third kappa shape index (κ3) is 6.10. The largest absolute Gasteiger partial charge is 0.573 e. The lowest BCUT2D eigenvalue weighted by molar-refractivity contribution is -0.274. The van der Waals surface area contributed by atoms with Crippen molar-refractivity contribution < 1.29 is 31.1 Å². The minimum absolute atomic E-state index is 0.00433. The number of para-hydroxylation sites is 1. The fourth-order valence-electron chi connectivity index (χ4n) is 3.02. The quantitative estimate of drug-likeness (QED) is 0.521. The van der Waals surface area contributed by atoms with Gasteiger partial charge in [-0.2, -0.15) is 0 Å². The molecule has 0 atom stereocenters. The zero-order valence-electron chi connectivity index (χ0n) is 17.0. The first-order valence-electron chi connectivity index (χ1n) is 9.64. The van der Waals surface area contributed by atoms with Crippen LogP contribution in [0.25, 0.3) is 11.1 Å². The van der Waals surface area contributed by atoms with E-state index in [9.17, 15) is 26.4 Å². The van der Waals surface area contributed by atoms with Gasteiger partial charge in [0.25, 0.3) is 0 Å². The number of carbonyl (C=O) groups excluding carboxylic acids is 1. The van der Waals surface area contributed by atoms with E-state index in [2.05, 4.69) is 10.1 Å². The van der Waals surface area contributed by atoms with E-state index in [-0.39, 0.29) is 34.3 Å². The van der Waals surface area contributed by atoms with Gasteiger partial charge in [-0.15, -0.1) is 13.2 Å². The van der Waals surface area contributed by atoms with Crippen LogP contribution in [-0.2, 0) is 21.1 Å². The summed E-state index contributed by atoms with van der Waals surface area (Å²) in [4.78, 5) is 12.5. The molecule has 0 aliphatic rings. The standard InChI is InChI=1S/C23H20F3NO4S/c1-2-32(29,30)19-13-7-16(8-14-19)15-22(28)27-18-11-9-17(10-12-18)20-5-3-4-6-21(20)31-23(24,25)26/h3-14H,2,15H2,1H3,(H,27,28). The summed E-state index contributed by atoms with van der Waals surface area (Å²) in [5, 5.41) is 2.71. The van der Waals surface area contributed by atoms with Crippen molar-refractivity contribution in [3.8, 4) is 16.9 Å². The number of carbonyl (C=O) groups is 1. The number of hydrogen-bond donors (Lipinski definition) is 1. The Morgan fingerprint density at radius 3 is 2.16 bits per heavy atom. The van der Waals surface area contributed by atoms with Crippen molar-refractivity contribution in [3.63, 3.8) is 0 Å². The average molecular weight is 463 g/mol. The Balaban J connectivity index is 1.67. The molecule has 0 aliphatic heterocycles. The normalized spacial score (nSPS) is 11.8. The maximum Gasteiger partial charge on any atom is 0.573 e. The van der Waals surface area contributed by atoms with E-state index in [1.807, 2.05) is 0 Å². The number of rotatable bonds is 7. The number of hydrogen-bond acceptors (Lipinski definition) is 4. The van der Waals surface area contributed by atoms with Crippen LogP contribution < -0.4 is 10.1 Å². The first-order chi connectivity index (χ1) is 15.1. The van der Waals surface area contributed by atoms with Crippen molar-refractivity contribution in [2.75, 3.05) is 11.1 Å². The topological polar surface area (TPSA) is 72.5 Å². The first-order valence-corrected chi connectivity index (χ1v) is 11.3. The van der Waals surface area contributed by atoms with Crippen LogP contribution in [0.1, 0.15) is 12.5 Å². The summed E-state index contributed by atoms with van der Waals surface area (Å²) in [6, 6.07) is 18.2. The molecule has 0 saturated carbocycles. The number of nitrogens with one attached hydrogen (secondary N) is 1. The van der Waals surface area contributed by atoms with E-state index in [0.29, 0.717) is 16.8 Å². The van der Waals surface area contributed by atoms with E-state index in [0.717, 1.165) is 0 Å². The second kappa shape index (κ2) is 9.44. The van der Waals surface area contributed by atoms with Crippen LogP contribution in [0.5, 0.6) is 5.75 Å². The zero-order chi connectivity index (χ0) is 23.4. The predicted octanol–water partition coefficient (Wildman–Crippen LogP) is 5.23. The van der Waals surface area contributed by atoms with Crippen LogP contribution >= 0.6 is 0 Å². The predicted molar refractivity (Wildman–Crippen MR) is 115 cm³/mol. The third-order valence-electron chi connectivity index (χ3n) is 4.62. The molecule has 9 heteroatoms. The molecule has 0 bridgehead atoms. The van der Waals surface area contributed by atoms with Crippen LogP contribution in [0.4, 0.5) is 18.9 Å². The monoisotopic (exact) mass is 463 g/mol. The summed E-state index contributed by atoms with van der Waals surface area (Å²) in [7, 11) is -3.30. The number of amides is 1. The van der Waals surface area contributed by atoms with E-state index < -0.39 is 16.2 Å². The van der Waals surface area contributed by atoms with Gasteiger partial charge in [-0.25, -0.2) is 8.42 Å². The molecular formula is C23H20F3NO4S. The van der Waals surface area contributed by atoms with Crippen molar-refractivity contribution >= 4 is 21.4 Å². The highest BCUT2D eigenvalue weighted by Gasteiger charge is 2.32. The summed E-state index contributed by atoms with van der Waals surface area (Å²) in [6.45, 7) is 1.56. The number of halogens is 3. The lowest BCUT2D eigenvalue weighted by Crippen LogP contribution is -2.17. The molecule has 0 aliphatic carbocycles. The Labute approximate surface area is 183 Å². The van der Waals surface area contributed by atoms with Crippen LogP contribution in [0.3, 0.4) is 0 Å². The van der Waals surface area contributed by atoms with Gasteiger partial charge in [-0.05, 0) is 41.5 Å². The fourth-order valence-corrected chi connectivity index (χ4v) is 3.91. The van der Waals surface area contributed by atoms with Crippen molar-refractivity contribution in [2.24, 2.45) is 0 Å². The minimum atomic E-state index is -4.80. The molecule has 3 aromatic carbocycles. The zero-order valence-corrected chi connectivity index (χ0v) is 17.8. The van der Waals surface area contributed by atoms with Gasteiger partial charge in [0.2, 0.25) is 5.91 Å². The molecule has 5 nitrogen and oxygen atoms in total. The molecule has 0 aromatic heterocycles. The van der Waals surface area contributed by atoms with Crippen molar-refractivity contribution in [3.05, 3.63) is 78.4 Å². The molecule has 0 heterocycles. The Hall–Kier alpha value is -3.33. The van der Waals surface area contributed by atoms with Crippen LogP contribution in [0.2, 0.25) is 0 Å². The van der Waals surface area contributed by atoms with Gasteiger partial charge >= 0.3 is 6.36 Å². The molecule has 0 unspecified atom stereocenters. The Morgan fingerprint density at radius 1 is 0.938 bits per heavy atom. The SMILES string of the molecule is CCS(=O)(=O)c1ccc(CC(=O)Nc2ccc(-c3ccccc3OC(F)(F)F)cc2)cc1. The third-order valence-corrected chi connectivity index (χ3v) is 6.37. The van der Waals surface area contributed by atoms with Gasteiger partial charge in [0.05, 0.1) is 17.1 Å². The average Bonchev–Trinajstić information content (AvgIpc) is 2.74. The number of ether oxygens (including phenoxy) is 1. The van der Waals surface area contributed by atoms with Gasteiger partial charge in [0.15, 0.2) is 9.84 Å². The Kier molecular flexibility index (Phi) is 6.88. The van der Waals surface area contributed by atoms with Gasteiger partial charge in [-0.1, -0.05) is 49.4 Å². The number of benzene rings is 3. The molecule has 0 radical (unpaired) electrons. The van der Waals surface area contributed by atoms with Gasteiger partial charge in [-0.3, -0.25) is 4.79 Å². The maximum absolute atomic E-state index is 12.6. The second-order valence-electron chi connectivity index (χ2n) is 6.89. The summed E-state index contributed by atoms with van der Waals surface area (Å²) >= 11 is 0. The number of alkyl halides is 3. The Morgan fingerprint density at radius 2 is 1.56 bits per heavy atom. The van der Waals surface area contributed by atoms with Gasteiger partial charge < -0.3 is 10.1 Å². The highest BCUT2D eigenvalue weighted by atomic mass is 32.2. The first kappa shape index (κ1) is 23.3. The maximum atomic E-state index is 12.6. The molecule has 0 fully saturated rings. The minimum Gasteiger partial charge on any atom is -0.405 e. The second-order valence-corrected chi connectivity index (χ2v) is 9.17. The van der Waals surface area contributed by atoms with Crippen molar-refractivity contribution in [2.45, 2.75) is 24.6 Å². The van der Waals surface area contributed by atoms with Crippen LogP contribution in [-0.4, -0.2) is 26.4 Å². The highest BCUT2D eigenvalue weighted by molar-refractivity contribution is 7.91. The summed E-state index contributed by atoms with van der Waals surface area (Å²) < 4.78 is 65.6. The van der Waals surface area contributed by atoms with E-state index in [1.54, 1.807) is 49.4 Å². The van der Waals surface area contributed by atoms with Crippen LogP contribution in [0.15, 0.2) is 77.7 Å². The summed E-state index contributed by atoms with van der Waals surface area (Å²) in [6.07, 6.45) is -4.76. The molecule has 3 aromatic rings. The summed E-state index contributed by atoms with van der Waals surface area (Å²) in [5.74, 6) is -0.634. The molecule has 0 spiro atoms.